The lowest BCUT2D eigenvalue weighted by molar-refractivity contribution is 0.667. The first-order valence-corrected chi connectivity index (χ1v) is 17.7. The van der Waals surface area contributed by atoms with Crippen LogP contribution < -0.4 is 4.90 Å². The Morgan fingerprint density at radius 3 is 1.85 bits per heavy atom. The molecule has 0 N–H and O–H groups in total. The van der Waals surface area contributed by atoms with E-state index < -0.39 is 0 Å². The van der Waals surface area contributed by atoms with Gasteiger partial charge in [0.05, 0.1) is 5.69 Å². The Labute approximate surface area is 304 Å². The molecule has 0 spiro atoms. The van der Waals surface area contributed by atoms with E-state index in [2.05, 4.69) is 150 Å². The Morgan fingerprint density at radius 2 is 1.06 bits per heavy atom. The van der Waals surface area contributed by atoms with Gasteiger partial charge < -0.3 is 13.7 Å². The van der Waals surface area contributed by atoms with Crippen molar-refractivity contribution in [1.29, 1.82) is 0 Å². The Hall–Kier alpha value is -7.24. The summed E-state index contributed by atoms with van der Waals surface area (Å²) in [6.45, 7) is 0. The van der Waals surface area contributed by atoms with E-state index in [9.17, 15) is 0 Å². The number of hydrogen-bond donors (Lipinski definition) is 0. The highest BCUT2D eigenvalue weighted by atomic mass is 16.3. The summed E-state index contributed by atoms with van der Waals surface area (Å²) in [5.41, 5.74) is 9.62. The highest BCUT2D eigenvalue weighted by Crippen LogP contribution is 2.46. The molecule has 0 aliphatic carbocycles. The molecule has 0 aliphatic rings. The Kier molecular flexibility index (Phi) is 6.48. The van der Waals surface area contributed by atoms with E-state index in [1.165, 1.54) is 5.39 Å². The quantitative estimate of drug-likeness (QED) is 0.181. The maximum atomic E-state index is 6.96. The molecule has 5 heteroatoms. The van der Waals surface area contributed by atoms with Gasteiger partial charge in [0.1, 0.15) is 22.4 Å². The normalized spacial score (nSPS) is 11.8. The number of furan rings is 2. The van der Waals surface area contributed by atoms with Crippen LogP contribution in [-0.2, 0) is 0 Å². The van der Waals surface area contributed by atoms with Crippen LogP contribution in [0.5, 0.6) is 0 Å². The second kappa shape index (κ2) is 11.7. The summed E-state index contributed by atoms with van der Waals surface area (Å²) in [4.78, 5) is 12.9. The number of nitrogens with zero attached hydrogens (tertiary/aromatic N) is 3. The number of fused-ring (bicyclic) bond motifs is 9. The van der Waals surface area contributed by atoms with Gasteiger partial charge in [-0.2, -0.15) is 0 Å². The molecule has 3 aromatic heterocycles. The Morgan fingerprint density at radius 1 is 0.415 bits per heavy atom. The van der Waals surface area contributed by atoms with Crippen LogP contribution in [0.25, 0.3) is 88.2 Å². The van der Waals surface area contributed by atoms with Crippen LogP contribution in [0.15, 0.2) is 185 Å². The maximum absolute atomic E-state index is 6.96. The van der Waals surface area contributed by atoms with Gasteiger partial charge in [-0.15, -0.1) is 0 Å². The summed E-state index contributed by atoms with van der Waals surface area (Å²) >= 11 is 0. The maximum Gasteiger partial charge on any atom is 0.180 e. The topological polar surface area (TPSA) is 55.3 Å². The summed E-state index contributed by atoms with van der Waals surface area (Å²) in [6.07, 6.45) is 0. The minimum Gasteiger partial charge on any atom is -0.453 e. The molecule has 11 rings (SSSR count). The molecule has 0 fully saturated rings. The van der Waals surface area contributed by atoms with E-state index in [1.807, 2.05) is 30.3 Å². The molecule has 248 valence electrons. The van der Waals surface area contributed by atoms with Crippen LogP contribution in [0, 0.1) is 0 Å². The summed E-state index contributed by atoms with van der Waals surface area (Å²) in [7, 11) is 0. The van der Waals surface area contributed by atoms with Crippen molar-refractivity contribution in [3.63, 3.8) is 0 Å². The third kappa shape index (κ3) is 4.64. The molecule has 3 heterocycles. The van der Waals surface area contributed by atoms with Gasteiger partial charge in [-0.3, -0.25) is 0 Å². The number of rotatable bonds is 5. The fraction of sp³-hybridized carbons (Fsp3) is 0. The highest BCUT2D eigenvalue weighted by Gasteiger charge is 2.24. The first-order chi connectivity index (χ1) is 26.3. The molecule has 8 aromatic carbocycles. The summed E-state index contributed by atoms with van der Waals surface area (Å²) in [5.74, 6) is 0.631. The second-order valence-corrected chi connectivity index (χ2v) is 13.3. The smallest absolute Gasteiger partial charge is 0.180 e. The molecule has 11 aromatic rings. The number of para-hydroxylation sites is 4. The first kappa shape index (κ1) is 29.5. The number of aromatic nitrogens is 2. The average Bonchev–Trinajstić information content (AvgIpc) is 3.80. The van der Waals surface area contributed by atoms with Crippen LogP contribution in [0.1, 0.15) is 0 Å². The highest BCUT2D eigenvalue weighted by molar-refractivity contribution is 6.21. The summed E-state index contributed by atoms with van der Waals surface area (Å²) < 4.78 is 13.5. The predicted octanol–water partition coefficient (Wildman–Crippen LogP) is 13.4. The van der Waals surface area contributed by atoms with Crippen LogP contribution in [0.4, 0.5) is 17.1 Å². The molecule has 5 nitrogen and oxygen atoms in total. The first-order valence-electron chi connectivity index (χ1n) is 17.7. The molecule has 53 heavy (non-hydrogen) atoms. The summed E-state index contributed by atoms with van der Waals surface area (Å²) in [5, 5.41) is 7.31. The molecule has 0 unspecified atom stereocenters. The molecule has 0 radical (unpaired) electrons. The number of anilines is 3. The fourth-order valence-electron chi connectivity index (χ4n) is 7.79. The minimum atomic E-state index is 0.631. The van der Waals surface area contributed by atoms with Crippen molar-refractivity contribution in [3.05, 3.63) is 176 Å². The average molecular weight is 680 g/mol. The third-order valence-corrected chi connectivity index (χ3v) is 10.2. The third-order valence-electron chi connectivity index (χ3n) is 10.2. The molecule has 0 aliphatic heterocycles. The van der Waals surface area contributed by atoms with Crippen molar-refractivity contribution in [1.82, 2.24) is 9.97 Å². The molecule has 0 saturated heterocycles. The van der Waals surface area contributed by atoms with Gasteiger partial charge in [-0.25, -0.2) is 9.97 Å². The van der Waals surface area contributed by atoms with Crippen LogP contribution in [0.2, 0.25) is 0 Å². The van der Waals surface area contributed by atoms with Gasteiger partial charge >= 0.3 is 0 Å². The molecule has 0 atom stereocenters. The van der Waals surface area contributed by atoms with Gasteiger partial charge in [0, 0.05) is 44.0 Å². The van der Waals surface area contributed by atoms with Crippen molar-refractivity contribution in [2.45, 2.75) is 0 Å². The van der Waals surface area contributed by atoms with E-state index in [-0.39, 0.29) is 0 Å². The van der Waals surface area contributed by atoms with Gasteiger partial charge in [0.25, 0.3) is 0 Å². The van der Waals surface area contributed by atoms with Crippen LogP contribution in [0.3, 0.4) is 0 Å². The van der Waals surface area contributed by atoms with Gasteiger partial charge in [0.2, 0.25) is 0 Å². The lowest BCUT2D eigenvalue weighted by Crippen LogP contribution is -2.09. The molecular weight excluding hydrogens is 651 g/mol. The van der Waals surface area contributed by atoms with Crippen molar-refractivity contribution >= 4 is 82.6 Å². The van der Waals surface area contributed by atoms with E-state index >= 15 is 0 Å². The second-order valence-electron chi connectivity index (χ2n) is 13.3. The van der Waals surface area contributed by atoms with Crippen molar-refractivity contribution in [2.24, 2.45) is 0 Å². The van der Waals surface area contributed by atoms with Crippen molar-refractivity contribution in [3.8, 4) is 22.6 Å². The van der Waals surface area contributed by atoms with Crippen molar-refractivity contribution < 1.29 is 8.83 Å². The Bertz CT molecular complexity index is 3140. The van der Waals surface area contributed by atoms with E-state index in [4.69, 9.17) is 18.8 Å². The molecule has 0 bridgehead atoms. The van der Waals surface area contributed by atoms with Crippen molar-refractivity contribution in [2.75, 3.05) is 4.90 Å². The number of benzene rings is 8. The van der Waals surface area contributed by atoms with Gasteiger partial charge in [0.15, 0.2) is 17.0 Å². The summed E-state index contributed by atoms with van der Waals surface area (Å²) in [6, 6.07) is 60.8. The van der Waals surface area contributed by atoms with E-state index in [0.717, 1.165) is 88.5 Å². The zero-order chi connectivity index (χ0) is 34.9. The zero-order valence-electron chi connectivity index (χ0n) is 28.4. The van der Waals surface area contributed by atoms with Crippen LogP contribution in [-0.4, -0.2) is 9.97 Å². The van der Waals surface area contributed by atoms with Gasteiger partial charge in [-0.1, -0.05) is 121 Å². The minimum absolute atomic E-state index is 0.631. The fourth-order valence-corrected chi connectivity index (χ4v) is 7.79. The monoisotopic (exact) mass is 679 g/mol. The molecular formula is C48H29N3O2. The molecule has 0 saturated carbocycles. The zero-order valence-corrected chi connectivity index (χ0v) is 28.4. The lowest BCUT2D eigenvalue weighted by atomic mass is 9.99. The van der Waals surface area contributed by atoms with E-state index in [0.29, 0.717) is 11.4 Å². The number of hydrogen-bond acceptors (Lipinski definition) is 5. The standard InChI is InChI=1S/C48H29N3O2/c1-3-16-33(17-4-1)51(34-18-5-2-6-19-34)41-24-13-23-37-39-29-40(35-20-9-10-21-36(35)45(39)53-46(37)41)48-49-43(32-27-26-30-14-7-8-15-31(30)28-32)47-44(50-48)38-22-11-12-25-42(38)52-47/h1-29H. The SMILES string of the molecule is c1ccc(N(c2ccccc2)c2cccc3c2oc2c4ccccc4c(-c4nc(-c5ccc6ccccc6c5)c5oc6ccccc6c5n4)cc32)cc1. The lowest BCUT2D eigenvalue weighted by Gasteiger charge is -2.25. The molecule has 0 amide bonds. The predicted molar refractivity (Wildman–Crippen MR) is 217 cm³/mol. The Balaban J connectivity index is 1.20. The van der Waals surface area contributed by atoms with Gasteiger partial charge in [-0.05, 0) is 70.8 Å². The van der Waals surface area contributed by atoms with E-state index in [1.54, 1.807) is 0 Å². The largest absolute Gasteiger partial charge is 0.453 e. The van der Waals surface area contributed by atoms with Crippen LogP contribution >= 0.6 is 0 Å².